The van der Waals surface area contributed by atoms with Crippen molar-refractivity contribution in [1.29, 1.82) is 5.41 Å². The van der Waals surface area contributed by atoms with Gasteiger partial charge < -0.3 is 10.5 Å². The van der Waals surface area contributed by atoms with Gasteiger partial charge in [-0.05, 0) is 54.7 Å². The standard InChI is InChI=1S/C15H16N2O2/c1-2-3-14(18)19-13-7-6-10-8-12(15(16)17)5-4-11(10)9-13/h2-3,6-9H,4-5H2,1H3,(H3,16,17)/b3-2+. The lowest BCUT2D eigenvalue weighted by Gasteiger charge is -2.16. The van der Waals surface area contributed by atoms with Gasteiger partial charge in [0.1, 0.15) is 11.6 Å². The number of nitrogens with one attached hydrogen (secondary N) is 1. The maximum absolute atomic E-state index is 11.4. The van der Waals surface area contributed by atoms with Gasteiger partial charge in [-0.3, -0.25) is 5.41 Å². The van der Waals surface area contributed by atoms with Gasteiger partial charge in [0.25, 0.3) is 0 Å². The summed E-state index contributed by atoms with van der Waals surface area (Å²) in [7, 11) is 0. The molecule has 0 unspecified atom stereocenters. The van der Waals surface area contributed by atoms with Gasteiger partial charge in [-0.25, -0.2) is 4.79 Å². The minimum absolute atomic E-state index is 0.120. The number of carbonyl (C=O) groups excluding carboxylic acids is 1. The van der Waals surface area contributed by atoms with Gasteiger partial charge in [0.2, 0.25) is 0 Å². The molecule has 0 saturated carbocycles. The van der Waals surface area contributed by atoms with Crippen molar-refractivity contribution in [3.63, 3.8) is 0 Å². The third kappa shape index (κ3) is 3.10. The first kappa shape index (κ1) is 13.1. The average molecular weight is 256 g/mol. The number of hydrogen-bond donors (Lipinski definition) is 2. The molecular formula is C15H16N2O2. The van der Waals surface area contributed by atoms with Crippen LogP contribution in [-0.2, 0) is 11.2 Å². The lowest BCUT2D eigenvalue weighted by atomic mass is 9.91. The van der Waals surface area contributed by atoms with Gasteiger partial charge in [0.05, 0.1) is 0 Å². The number of ether oxygens (including phenoxy) is 1. The molecule has 0 heterocycles. The number of amidine groups is 1. The number of fused-ring (bicyclic) bond motifs is 1. The highest BCUT2D eigenvalue weighted by atomic mass is 16.5. The molecule has 0 radical (unpaired) electrons. The molecule has 0 fully saturated rings. The minimum atomic E-state index is -0.377. The normalized spacial score (nSPS) is 13.8. The summed E-state index contributed by atoms with van der Waals surface area (Å²) >= 11 is 0. The largest absolute Gasteiger partial charge is 0.423 e. The molecule has 3 N–H and O–H groups in total. The van der Waals surface area contributed by atoms with Crippen LogP contribution in [-0.4, -0.2) is 11.8 Å². The van der Waals surface area contributed by atoms with Gasteiger partial charge in [-0.1, -0.05) is 12.1 Å². The molecule has 4 nitrogen and oxygen atoms in total. The third-order valence-corrected chi connectivity index (χ3v) is 2.97. The SMILES string of the molecule is C/C=C/C(=O)Oc1ccc2c(c1)CCC(C(=N)N)=C2. The zero-order chi connectivity index (χ0) is 13.8. The van der Waals surface area contributed by atoms with E-state index in [1.165, 1.54) is 6.08 Å². The molecule has 4 heteroatoms. The van der Waals surface area contributed by atoms with Crippen LogP contribution in [0.1, 0.15) is 24.5 Å². The van der Waals surface area contributed by atoms with Crippen molar-refractivity contribution in [3.05, 3.63) is 47.1 Å². The Bertz CT molecular complexity index is 586. The smallest absolute Gasteiger partial charge is 0.335 e. The number of esters is 1. The molecule has 0 aliphatic heterocycles. The van der Waals surface area contributed by atoms with Crippen LogP contribution in [0.3, 0.4) is 0 Å². The van der Waals surface area contributed by atoms with Gasteiger partial charge in [0, 0.05) is 6.08 Å². The first-order chi connectivity index (χ1) is 9.10. The molecule has 1 aliphatic carbocycles. The van der Waals surface area contributed by atoms with E-state index in [1.807, 2.05) is 18.2 Å². The van der Waals surface area contributed by atoms with Crippen molar-refractivity contribution in [3.8, 4) is 5.75 Å². The number of rotatable bonds is 3. The summed E-state index contributed by atoms with van der Waals surface area (Å²) in [4.78, 5) is 11.4. The van der Waals surface area contributed by atoms with Crippen LogP contribution in [0.15, 0.2) is 35.9 Å². The maximum Gasteiger partial charge on any atom is 0.335 e. The van der Waals surface area contributed by atoms with Crippen LogP contribution in [0.5, 0.6) is 5.75 Å². The average Bonchev–Trinajstić information content (AvgIpc) is 2.38. The molecule has 1 aromatic rings. The van der Waals surface area contributed by atoms with Crippen molar-refractivity contribution >= 4 is 17.9 Å². The van der Waals surface area contributed by atoms with Crippen molar-refractivity contribution in [2.75, 3.05) is 0 Å². The van der Waals surface area contributed by atoms with Gasteiger partial charge in [-0.15, -0.1) is 0 Å². The lowest BCUT2D eigenvalue weighted by molar-refractivity contribution is -0.129. The number of aryl methyl sites for hydroxylation is 1. The molecular weight excluding hydrogens is 240 g/mol. The van der Waals surface area contributed by atoms with Crippen molar-refractivity contribution in [2.45, 2.75) is 19.8 Å². The predicted octanol–water partition coefficient (Wildman–Crippen LogP) is 2.43. The highest BCUT2D eigenvalue weighted by Gasteiger charge is 2.13. The van der Waals surface area contributed by atoms with Crippen LogP contribution in [0.4, 0.5) is 0 Å². The Hall–Kier alpha value is -2.36. The Morgan fingerprint density at radius 3 is 2.89 bits per heavy atom. The predicted molar refractivity (Wildman–Crippen MR) is 75.1 cm³/mol. The zero-order valence-electron chi connectivity index (χ0n) is 10.8. The Kier molecular flexibility index (Phi) is 3.80. The minimum Gasteiger partial charge on any atom is -0.423 e. The summed E-state index contributed by atoms with van der Waals surface area (Å²) in [6, 6.07) is 5.50. The molecule has 2 rings (SSSR count). The van der Waals surface area contributed by atoms with E-state index in [2.05, 4.69) is 0 Å². The summed E-state index contributed by atoms with van der Waals surface area (Å²) in [5, 5.41) is 7.44. The Morgan fingerprint density at radius 2 is 2.21 bits per heavy atom. The Morgan fingerprint density at radius 1 is 1.42 bits per heavy atom. The third-order valence-electron chi connectivity index (χ3n) is 2.97. The fourth-order valence-electron chi connectivity index (χ4n) is 2.03. The van der Waals surface area contributed by atoms with Crippen LogP contribution < -0.4 is 10.5 Å². The number of carbonyl (C=O) groups is 1. The lowest BCUT2D eigenvalue weighted by Crippen LogP contribution is -2.16. The fraction of sp³-hybridized carbons (Fsp3) is 0.200. The first-order valence-corrected chi connectivity index (χ1v) is 6.12. The molecule has 1 aromatic carbocycles. The highest BCUT2D eigenvalue weighted by molar-refractivity contribution is 5.99. The fourth-order valence-corrected chi connectivity index (χ4v) is 2.03. The summed E-state index contributed by atoms with van der Waals surface area (Å²) in [6.45, 7) is 1.77. The van der Waals surface area contributed by atoms with E-state index in [1.54, 1.807) is 19.1 Å². The molecule has 98 valence electrons. The summed E-state index contributed by atoms with van der Waals surface area (Å²) in [6.07, 6.45) is 6.49. The molecule has 1 aliphatic rings. The van der Waals surface area contributed by atoms with Gasteiger partial charge >= 0.3 is 5.97 Å². The van der Waals surface area contributed by atoms with Crippen molar-refractivity contribution < 1.29 is 9.53 Å². The Labute approximate surface area is 112 Å². The molecule has 0 aromatic heterocycles. The molecule has 19 heavy (non-hydrogen) atoms. The van der Waals surface area contributed by atoms with E-state index >= 15 is 0 Å². The molecule has 0 saturated heterocycles. The number of nitrogens with two attached hydrogens (primary N) is 1. The van der Waals surface area contributed by atoms with Crippen molar-refractivity contribution in [2.24, 2.45) is 5.73 Å². The second-order valence-corrected chi connectivity index (χ2v) is 4.36. The molecule has 0 amide bonds. The number of benzene rings is 1. The van der Waals surface area contributed by atoms with E-state index in [9.17, 15) is 4.79 Å². The van der Waals surface area contributed by atoms with Crippen LogP contribution in [0.25, 0.3) is 6.08 Å². The first-order valence-electron chi connectivity index (χ1n) is 6.12. The quantitative estimate of drug-likeness (QED) is 0.287. The molecule has 0 spiro atoms. The highest BCUT2D eigenvalue weighted by Crippen LogP contribution is 2.27. The van der Waals surface area contributed by atoms with E-state index in [0.29, 0.717) is 5.75 Å². The van der Waals surface area contributed by atoms with Gasteiger partial charge in [0.15, 0.2) is 0 Å². The summed E-state index contributed by atoms with van der Waals surface area (Å²) in [5.74, 6) is 0.286. The summed E-state index contributed by atoms with van der Waals surface area (Å²) < 4.78 is 5.18. The number of hydrogen-bond acceptors (Lipinski definition) is 3. The van der Waals surface area contributed by atoms with E-state index in [0.717, 1.165) is 29.5 Å². The van der Waals surface area contributed by atoms with Crippen LogP contribution >= 0.6 is 0 Å². The topological polar surface area (TPSA) is 76.2 Å². The monoisotopic (exact) mass is 256 g/mol. The van der Waals surface area contributed by atoms with E-state index in [-0.39, 0.29) is 11.8 Å². The van der Waals surface area contributed by atoms with Gasteiger partial charge in [-0.2, -0.15) is 0 Å². The van der Waals surface area contributed by atoms with Crippen LogP contribution in [0.2, 0.25) is 0 Å². The molecule has 0 atom stereocenters. The molecule has 0 bridgehead atoms. The summed E-state index contributed by atoms with van der Waals surface area (Å²) in [5.41, 5.74) is 8.48. The maximum atomic E-state index is 11.4. The second-order valence-electron chi connectivity index (χ2n) is 4.36. The van der Waals surface area contributed by atoms with Crippen LogP contribution in [0, 0.1) is 5.41 Å². The number of allylic oxidation sites excluding steroid dienone is 1. The Balaban J connectivity index is 2.22. The zero-order valence-corrected chi connectivity index (χ0v) is 10.8. The second kappa shape index (κ2) is 5.52. The van der Waals surface area contributed by atoms with Crippen molar-refractivity contribution in [1.82, 2.24) is 0 Å². The van der Waals surface area contributed by atoms with E-state index < -0.39 is 0 Å². The van der Waals surface area contributed by atoms with E-state index in [4.69, 9.17) is 15.9 Å².